The first-order chi connectivity index (χ1) is 18.4. The molecular formula is C31H41NO6. The lowest BCUT2D eigenvalue weighted by Crippen LogP contribution is -2.35. The molecule has 0 amide bonds. The van der Waals surface area contributed by atoms with Crippen LogP contribution in [-0.2, 0) is 4.79 Å². The molecule has 0 bridgehead atoms. The minimum Gasteiger partial charge on any atom is -0.497 e. The zero-order valence-electron chi connectivity index (χ0n) is 22.7. The second-order valence-electron chi connectivity index (χ2n) is 10.5. The van der Waals surface area contributed by atoms with E-state index in [0.717, 1.165) is 50.0 Å². The molecule has 1 N–H and O–H groups in total. The number of Topliss-reactive ketones (excluding diaryl/α,β-unsaturated/α-hetero) is 2. The van der Waals surface area contributed by atoms with Crippen molar-refractivity contribution in [2.45, 2.75) is 70.4 Å². The molecule has 0 spiro atoms. The van der Waals surface area contributed by atoms with Crippen LogP contribution >= 0.6 is 0 Å². The third-order valence-corrected chi connectivity index (χ3v) is 7.78. The number of hydrogen-bond donors (Lipinski definition) is 1. The standard InChI is InChI=1S/C31H41NO6/c1-22-7-6-16-32(22)21-25(31(35)24-12-15-29-30(20-24)38-18-17-37-29)19-26(33)8-4-3-5-9-28(34)23-10-13-27(36-2)14-11-23/h10-15,20,22,25,31,35H,3-9,16-19,21H2,1-2H3/t22?,25-,31+/m1/s1. The molecule has 1 unspecified atom stereocenters. The van der Waals surface area contributed by atoms with Crippen LogP contribution in [0.2, 0.25) is 0 Å². The maximum Gasteiger partial charge on any atom is 0.162 e. The van der Waals surface area contributed by atoms with Crippen LogP contribution < -0.4 is 14.2 Å². The molecule has 2 heterocycles. The van der Waals surface area contributed by atoms with Crippen LogP contribution in [0.5, 0.6) is 17.2 Å². The maximum atomic E-state index is 13.0. The third-order valence-electron chi connectivity index (χ3n) is 7.78. The van der Waals surface area contributed by atoms with Crippen molar-refractivity contribution in [1.29, 1.82) is 0 Å². The summed E-state index contributed by atoms with van der Waals surface area (Å²) in [6.07, 6.45) is 5.15. The molecule has 1 saturated heterocycles. The number of unbranched alkanes of at least 4 members (excludes halogenated alkanes) is 2. The van der Waals surface area contributed by atoms with Crippen molar-refractivity contribution in [2.24, 2.45) is 5.92 Å². The molecule has 2 aromatic carbocycles. The van der Waals surface area contributed by atoms with Crippen LogP contribution in [0.1, 0.15) is 80.3 Å². The van der Waals surface area contributed by atoms with E-state index in [1.54, 1.807) is 31.4 Å². The molecule has 0 radical (unpaired) electrons. The van der Waals surface area contributed by atoms with Gasteiger partial charge >= 0.3 is 0 Å². The van der Waals surface area contributed by atoms with Crippen molar-refractivity contribution >= 4 is 11.6 Å². The second kappa shape index (κ2) is 13.8. The van der Waals surface area contributed by atoms with Crippen molar-refractivity contribution in [3.05, 3.63) is 53.6 Å². The average molecular weight is 524 g/mol. The van der Waals surface area contributed by atoms with Gasteiger partial charge in [-0.25, -0.2) is 0 Å². The topological polar surface area (TPSA) is 85.3 Å². The van der Waals surface area contributed by atoms with E-state index in [2.05, 4.69) is 11.8 Å². The molecule has 0 aromatic heterocycles. The number of hydrogen-bond acceptors (Lipinski definition) is 7. The predicted octanol–water partition coefficient (Wildman–Crippen LogP) is 5.39. The van der Waals surface area contributed by atoms with E-state index in [0.29, 0.717) is 62.1 Å². The number of methoxy groups -OCH3 is 1. The summed E-state index contributed by atoms with van der Waals surface area (Å²) < 4.78 is 16.5. The largest absolute Gasteiger partial charge is 0.497 e. The van der Waals surface area contributed by atoms with Crippen LogP contribution in [0.15, 0.2) is 42.5 Å². The summed E-state index contributed by atoms with van der Waals surface area (Å²) in [5.41, 5.74) is 1.45. The number of likely N-dealkylation sites (tertiary alicyclic amines) is 1. The molecule has 2 aliphatic heterocycles. The highest BCUT2D eigenvalue weighted by Gasteiger charge is 2.30. The van der Waals surface area contributed by atoms with Crippen LogP contribution in [0.4, 0.5) is 0 Å². The zero-order valence-corrected chi connectivity index (χ0v) is 22.7. The lowest BCUT2D eigenvalue weighted by molar-refractivity contribution is -0.121. The van der Waals surface area contributed by atoms with Gasteiger partial charge in [-0.1, -0.05) is 12.5 Å². The molecule has 1 fully saturated rings. The molecule has 0 aliphatic carbocycles. The molecule has 3 atom stereocenters. The van der Waals surface area contributed by atoms with E-state index in [1.807, 2.05) is 18.2 Å². The van der Waals surface area contributed by atoms with Crippen molar-refractivity contribution in [1.82, 2.24) is 4.90 Å². The van der Waals surface area contributed by atoms with E-state index < -0.39 is 6.10 Å². The van der Waals surface area contributed by atoms with Gasteiger partial charge in [0.1, 0.15) is 24.7 Å². The molecule has 2 aliphatic rings. The number of rotatable bonds is 14. The number of ketones is 2. The Kier molecular flexibility index (Phi) is 10.2. The Hall–Kier alpha value is -2.90. The fraction of sp³-hybridized carbons (Fsp3) is 0.548. The molecule has 0 saturated carbocycles. The molecular weight excluding hydrogens is 482 g/mol. The van der Waals surface area contributed by atoms with Crippen LogP contribution in [-0.4, -0.2) is 61.0 Å². The summed E-state index contributed by atoms with van der Waals surface area (Å²) in [5.74, 6) is 2.16. The first-order valence-electron chi connectivity index (χ1n) is 13.9. The zero-order chi connectivity index (χ0) is 26.9. The quantitative estimate of drug-likeness (QED) is 0.262. The molecule has 7 nitrogen and oxygen atoms in total. The summed E-state index contributed by atoms with van der Waals surface area (Å²) in [4.78, 5) is 27.8. The normalized spacial score (nSPS) is 18.7. The van der Waals surface area contributed by atoms with E-state index in [-0.39, 0.29) is 17.5 Å². The van der Waals surface area contributed by atoms with Gasteiger partial charge in [-0.2, -0.15) is 0 Å². The fourth-order valence-electron chi connectivity index (χ4n) is 5.46. The third kappa shape index (κ3) is 7.58. The first kappa shape index (κ1) is 28.1. The number of fused-ring (bicyclic) bond motifs is 1. The SMILES string of the molecule is COc1ccc(C(=O)CCCCCC(=O)C[C@H](CN2CCCC2C)[C@@H](O)c2ccc3c(c2)OCCO3)cc1. The van der Waals surface area contributed by atoms with Crippen LogP contribution in [0.3, 0.4) is 0 Å². The Morgan fingerprint density at radius 3 is 2.47 bits per heavy atom. The summed E-state index contributed by atoms with van der Waals surface area (Å²) in [5, 5.41) is 11.4. The van der Waals surface area contributed by atoms with Gasteiger partial charge < -0.3 is 24.2 Å². The van der Waals surface area contributed by atoms with Gasteiger partial charge in [0, 0.05) is 43.3 Å². The Labute approximate surface area is 226 Å². The number of carbonyl (C=O) groups is 2. The minimum atomic E-state index is -0.760. The number of aliphatic hydroxyl groups excluding tert-OH is 1. The highest BCUT2D eigenvalue weighted by molar-refractivity contribution is 5.96. The molecule has 38 heavy (non-hydrogen) atoms. The molecule has 7 heteroatoms. The predicted molar refractivity (Wildman–Crippen MR) is 146 cm³/mol. The van der Waals surface area contributed by atoms with E-state index in [1.165, 1.54) is 0 Å². The van der Waals surface area contributed by atoms with Gasteiger partial charge in [-0.05, 0) is 81.1 Å². The van der Waals surface area contributed by atoms with Crippen molar-refractivity contribution < 1.29 is 28.9 Å². The van der Waals surface area contributed by atoms with Crippen molar-refractivity contribution in [3.63, 3.8) is 0 Å². The van der Waals surface area contributed by atoms with E-state index in [4.69, 9.17) is 14.2 Å². The number of carbonyl (C=O) groups excluding carboxylic acids is 2. The van der Waals surface area contributed by atoms with Crippen LogP contribution in [0.25, 0.3) is 0 Å². The summed E-state index contributed by atoms with van der Waals surface area (Å²) in [7, 11) is 1.60. The lowest BCUT2D eigenvalue weighted by Gasteiger charge is -2.30. The maximum absolute atomic E-state index is 13.0. The van der Waals surface area contributed by atoms with Crippen molar-refractivity contribution in [3.8, 4) is 17.2 Å². The molecule has 2 aromatic rings. The Morgan fingerprint density at radius 1 is 1.03 bits per heavy atom. The van der Waals surface area contributed by atoms with Gasteiger partial charge in [0.15, 0.2) is 17.3 Å². The highest BCUT2D eigenvalue weighted by Crippen LogP contribution is 2.36. The number of ether oxygens (including phenoxy) is 3. The fourth-order valence-corrected chi connectivity index (χ4v) is 5.46. The minimum absolute atomic E-state index is 0.112. The van der Waals surface area contributed by atoms with E-state index >= 15 is 0 Å². The van der Waals surface area contributed by atoms with Gasteiger partial charge in [-0.3, -0.25) is 9.59 Å². The monoisotopic (exact) mass is 523 g/mol. The van der Waals surface area contributed by atoms with Gasteiger partial charge in [0.05, 0.1) is 13.2 Å². The smallest absolute Gasteiger partial charge is 0.162 e. The van der Waals surface area contributed by atoms with Gasteiger partial charge in [0.25, 0.3) is 0 Å². The van der Waals surface area contributed by atoms with Crippen molar-refractivity contribution in [2.75, 3.05) is 33.4 Å². The number of nitrogens with zero attached hydrogens (tertiary/aromatic N) is 1. The van der Waals surface area contributed by atoms with E-state index in [9.17, 15) is 14.7 Å². The number of benzene rings is 2. The Bertz CT molecular complexity index is 1070. The first-order valence-corrected chi connectivity index (χ1v) is 13.9. The lowest BCUT2D eigenvalue weighted by atomic mass is 9.89. The Morgan fingerprint density at radius 2 is 1.76 bits per heavy atom. The summed E-state index contributed by atoms with van der Waals surface area (Å²) >= 11 is 0. The van der Waals surface area contributed by atoms with Crippen LogP contribution in [0, 0.1) is 5.92 Å². The second-order valence-corrected chi connectivity index (χ2v) is 10.5. The van der Waals surface area contributed by atoms with Gasteiger partial charge in [-0.15, -0.1) is 0 Å². The summed E-state index contributed by atoms with van der Waals surface area (Å²) in [6, 6.07) is 13.2. The summed E-state index contributed by atoms with van der Waals surface area (Å²) in [6.45, 7) is 4.93. The molecule has 4 rings (SSSR count). The number of aliphatic hydroxyl groups is 1. The highest BCUT2D eigenvalue weighted by atomic mass is 16.6. The average Bonchev–Trinajstić information content (AvgIpc) is 3.35. The molecule has 206 valence electrons. The van der Waals surface area contributed by atoms with Gasteiger partial charge in [0.2, 0.25) is 0 Å². The Balaban J connectivity index is 1.28.